The lowest BCUT2D eigenvalue weighted by atomic mass is 9.73. The molecular formula is C25H33F4N3O3. The van der Waals surface area contributed by atoms with Gasteiger partial charge in [-0.05, 0) is 38.8 Å². The van der Waals surface area contributed by atoms with E-state index in [-0.39, 0.29) is 55.4 Å². The minimum atomic E-state index is -4.65. The topological polar surface area (TPSA) is 53.1 Å². The van der Waals surface area contributed by atoms with Gasteiger partial charge in [0.25, 0.3) is 0 Å². The maximum absolute atomic E-state index is 15.5. The molecule has 3 aliphatic heterocycles. The number of hydrogen-bond donors (Lipinski definition) is 0. The second-order valence-corrected chi connectivity index (χ2v) is 10.8. The Bertz CT molecular complexity index is 975. The van der Waals surface area contributed by atoms with Gasteiger partial charge in [0.2, 0.25) is 11.8 Å². The third-order valence-corrected chi connectivity index (χ3v) is 7.22. The minimum absolute atomic E-state index is 0.0125. The van der Waals surface area contributed by atoms with Gasteiger partial charge in [0, 0.05) is 42.7 Å². The molecule has 1 spiro atoms. The van der Waals surface area contributed by atoms with Crippen LogP contribution in [0, 0.1) is 11.2 Å². The van der Waals surface area contributed by atoms with E-state index in [1.54, 1.807) is 25.7 Å². The van der Waals surface area contributed by atoms with Crippen LogP contribution in [-0.4, -0.2) is 73.7 Å². The number of rotatable bonds is 5. The molecule has 6 nitrogen and oxygen atoms in total. The Morgan fingerprint density at radius 2 is 1.69 bits per heavy atom. The first-order chi connectivity index (χ1) is 16.3. The van der Waals surface area contributed by atoms with E-state index in [1.807, 2.05) is 0 Å². The van der Waals surface area contributed by atoms with E-state index in [4.69, 9.17) is 4.74 Å². The van der Waals surface area contributed by atoms with Crippen LogP contribution in [0.5, 0.6) is 5.75 Å². The lowest BCUT2D eigenvalue weighted by Crippen LogP contribution is -2.53. The quantitative estimate of drug-likeness (QED) is 0.573. The monoisotopic (exact) mass is 499 g/mol. The maximum Gasteiger partial charge on any atom is 0.406 e. The van der Waals surface area contributed by atoms with Gasteiger partial charge in [-0.2, -0.15) is 13.2 Å². The molecule has 0 bridgehead atoms. The Kier molecular flexibility index (Phi) is 6.81. The summed E-state index contributed by atoms with van der Waals surface area (Å²) in [5, 5.41) is 0. The zero-order chi connectivity index (χ0) is 25.6. The summed E-state index contributed by atoms with van der Waals surface area (Å²) in [5.74, 6) is -1.50. The third kappa shape index (κ3) is 5.13. The van der Waals surface area contributed by atoms with Gasteiger partial charge in [-0.1, -0.05) is 20.8 Å². The SMILES string of the molecule is CC(C)(C)C(=O)N1CCC2(CC1)C(=O)N(CC(F)(F)F)c1cc(OCCN3CCCC3)cc(F)c12. The summed E-state index contributed by atoms with van der Waals surface area (Å²) in [6.45, 7) is 7.06. The zero-order valence-corrected chi connectivity index (χ0v) is 20.5. The highest BCUT2D eigenvalue weighted by Crippen LogP contribution is 2.51. The second kappa shape index (κ2) is 9.26. The van der Waals surface area contributed by atoms with Gasteiger partial charge in [-0.15, -0.1) is 0 Å². The highest BCUT2D eigenvalue weighted by Gasteiger charge is 2.56. The number of ether oxygens (including phenoxy) is 1. The summed E-state index contributed by atoms with van der Waals surface area (Å²) in [6, 6.07) is 2.52. The Hall–Kier alpha value is -2.36. The average molecular weight is 500 g/mol. The van der Waals surface area contributed by atoms with Gasteiger partial charge in [-0.25, -0.2) is 4.39 Å². The molecule has 2 fully saturated rings. The summed E-state index contributed by atoms with van der Waals surface area (Å²) >= 11 is 0. The summed E-state index contributed by atoms with van der Waals surface area (Å²) in [7, 11) is 0. The first-order valence-electron chi connectivity index (χ1n) is 12.2. The van der Waals surface area contributed by atoms with Crippen LogP contribution in [0.15, 0.2) is 12.1 Å². The first kappa shape index (κ1) is 25.7. The van der Waals surface area contributed by atoms with E-state index in [0.717, 1.165) is 25.9 Å². The molecule has 0 saturated carbocycles. The maximum atomic E-state index is 15.5. The largest absolute Gasteiger partial charge is 0.492 e. The van der Waals surface area contributed by atoms with E-state index in [1.165, 1.54) is 12.1 Å². The number of amides is 2. The van der Waals surface area contributed by atoms with Crippen molar-refractivity contribution in [2.75, 3.05) is 50.8 Å². The summed E-state index contributed by atoms with van der Waals surface area (Å²) in [6.07, 6.45) is -2.28. The first-order valence-corrected chi connectivity index (χ1v) is 12.2. The molecule has 1 aromatic rings. The highest BCUT2D eigenvalue weighted by molar-refractivity contribution is 6.08. The highest BCUT2D eigenvalue weighted by atomic mass is 19.4. The van der Waals surface area contributed by atoms with Crippen LogP contribution in [0.1, 0.15) is 52.0 Å². The number of alkyl halides is 3. The third-order valence-electron chi connectivity index (χ3n) is 7.22. The second-order valence-electron chi connectivity index (χ2n) is 10.8. The van der Waals surface area contributed by atoms with E-state index in [2.05, 4.69) is 4.90 Å². The summed E-state index contributed by atoms with van der Waals surface area (Å²) < 4.78 is 61.5. The molecule has 0 N–H and O–H groups in total. The van der Waals surface area contributed by atoms with Gasteiger partial charge in [0.1, 0.15) is 24.7 Å². The van der Waals surface area contributed by atoms with Crippen LogP contribution in [0.4, 0.5) is 23.2 Å². The summed E-state index contributed by atoms with van der Waals surface area (Å²) in [5.41, 5.74) is -2.15. The van der Waals surface area contributed by atoms with Crippen molar-refractivity contribution in [1.82, 2.24) is 9.80 Å². The number of likely N-dealkylation sites (tertiary alicyclic amines) is 2. The number of carbonyl (C=O) groups is 2. The average Bonchev–Trinajstić information content (AvgIpc) is 3.35. The molecule has 0 aromatic heterocycles. The lowest BCUT2D eigenvalue weighted by Gasteiger charge is -2.40. The predicted octanol–water partition coefficient (Wildman–Crippen LogP) is 4.12. The fourth-order valence-electron chi connectivity index (χ4n) is 5.48. The number of piperidine rings is 1. The molecule has 2 amide bonds. The molecule has 0 aliphatic carbocycles. The van der Waals surface area contributed by atoms with Crippen LogP contribution >= 0.6 is 0 Å². The van der Waals surface area contributed by atoms with Crippen molar-refractivity contribution in [3.8, 4) is 5.75 Å². The molecule has 10 heteroatoms. The summed E-state index contributed by atoms with van der Waals surface area (Å²) in [4.78, 5) is 30.6. The number of anilines is 1. The molecule has 1 aromatic carbocycles. The number of fused-ring (bicyclic) bond motifs is 2. The Morgan fingerprint density at radius 1 is 1.06 bits per heavy atom. The van der Waals surface area contributed by atoms with Crippen molar-refractivity contribution < 1.29 is 31.9 Å². The minimum Gasteiger partial charge on any atom is -0.492 e. The van der Waals surface area contributed by atoms with Gasteiger partial charge in [0.05, 0.1) is 11.1 Å². The molecule has 2 saturated heterocycles. The molecule has 4 rings (SSSR count). The van der Waals surface area contributed by atoms with Crippen molar-refractivity contribution in [1.29, 1.82) is 0 Å². The fourth-order valence-corrected chi connectivity index (χ4v) is 5.48. The fraction of sp³-hybridized carbons (Fsp3) is 0.680. The van der Waals surface area contributed by atoms with Crippen LogP contribution in [-0.2, 0) is 15.0 Å². The van der Waals surface area contributed by atoms with Crippen LogP contribution in [0.3, 0.4) is 0 Å². The number of carbonyl (C=O) groups excluding carboxylic acids is 2. The van der Waals surface area contributed by atoms with E-state index in [0.29, 0.717) is 11.4 Å². The van der Waals surface area contributed by atoms with Gasteiger partial charge < -0.3 is 14.5 Å². The van der Waals surface area contributed by atoms with Crippen LogP contribution in [0.25, 0.3) is 0 Å². The van der Waals surface area contributed by atoms with Crippen LogP contribution < -0.4 is 9.64 Å². The van der Waals surface area contributed by atoms with Crippen molar-refractivity contribution in [3.05, 3.63) is 23.5 Å². The molecule has 0 atom stereocenters. The molecule has 3 heterocycles. The standard InChI is InChI=1S/C25H33F4N3O3/c1-23(2,3)21(33)31-10-6-24(7-11-31)20-18(26)14-17(35-13-12-30-8-4-5-9-30)15-19(20)32(22(24)34)16-25(27,28)29/h14-15H,4-13,16H2,1-3H3. The molecule has 194 valence electrons. The number of benzene rings is 1. The number of hydrogen-bond acceptors (Lipinski definition) is 4. The van der Waals surface area contributed by atoms with E-state index < -0.39 is 35.3 Å². The lowest BCUT2D eigenvalue weighted by molar-refractivity contribution is -0.143. The van der Waals surface area contributed by atoms with E-state index >= 15 is 4.39 Å². The van der Waals surface area contributed by atoms with Crippen molar-refractivity contribution >= 4 is 17.5 Å². The molecule has 3 aliphatic rings. The Labute approximate surface area is 203 Å². The molecule has 0 radical (unpaired) electrons. The smallest absolute Gasteiger partial charge is 0.406 e. The van der Waals surface area contributed by atoms with Crippen molar-refractivity contribution in [2.24, 2.45) is 5.41 Å². The molecule has 35 heavy (non-hydrogen) atoms. The van der Waals surface area contributed by atoms with Gasteiger partial charge >= 0.3 is 6.18 Å². The number of halogens is 4. The van der Waals surface area contributed by atoms with Crippen molar-refractivity contribution in [2.45, 2.75) is 58.0 Å². The van der Waals surface area contributed by atoms with Gasteiger partial charge in [-0.3, -0.25) is 14.5 Å². The van der Waals surface area contributed by atoms with Crippen molar-refractivity contribution in [3.63, 3.8) is 0 Å². The molecular weight excluding hydrogens is 466 g/mol. The zero-order valence-electron chi connectivity index (χ0n) is 20.5. The Morgan fingerprint density at radius 3 is 2.26 bits per heavy atom. The predicted molar refractivity (Wildman–Crippen MR) is 123 cm³/mol. The van der Waals surface area contributed by atoms with Crippen LogP contribution in [0.2, 0.25) is 0 Å². The Balaban J connectivity index is 1.61. The number of nitrogens with zero attached hydrogens (tertiary/aromatic N) is 3. The molecule has 0 unspecified atom stereocenters. The normalized spacial score (nSPS) is 20.6. The van der Waals surface area contributed by atoms with E-state index in [9.17, 15) is 22.8 Å². The van der Waals surface area contributed by atoms with Gasteiger partial charge in [0.15, 0.2) is 0 Å².